The van der Waals surface area contributed by atoms with Crippen LogP contribution >= 0.6 is 0 Å². The van der Waals surface area contributed by atoms with Crippen LogP contribution in [-0.2, 0) is 19.5 Å². The molecule has 1 aromatic carbocycles. The molecule has 1 N–H and O–H groups in total. The first kappa shape index (κ1) is 16.6. The lowest BCUT2D eigenvalue weighted by Crippen LogP contribution is -2.62. The number of sulfonamides is 1. The average Bonchev–Trinajstić information content (AvgIpc) is 2.95. The Balaban J connectivity index is 1.76. The van der Waals surface area contributed by atoms with Gasteiger partial charge in [-0.1, -0.05) is 12.1 Å². The van der Waals surface area contributed by atoms with Crippen molar-refractivity contribution < 1.29 is 22.7 Å². The minimum Gasteiger partial charge on any atom is -0.384 e. The van der Waals surface area contributed by atoms with E-state index in [1.807, 2.05) is 0 Å². The normalized spacial score (nSPS) is 29.8. The van der Waals surface area contributed by atoms with Gasteiger partial charge in [-0.05, 0) is 25.5 Å². The molecule has 0 bridgehead atoms. The Morgan fingerprint density at radius 2 is 2.04 bits per heavy atom. The SMILES string of the molecule is COC[C@@H]1[C@H](NS(=O)(=O)c2ccc(C(C)=O)cc2)[C@@H]2CCO[C@H]12. The highest BCUT2D eigenvalue weighted by Crippen LogP contribution is 2.44. The van der Waals surface area contributed by atoms with Crippen molar-refractivity contribution in [2.24, 2.45) is 11.8 Å². The van der Waals surface area contributed by atoms with Gasteiger partial charge in [0.1, 0.15) is 0 Å². The minimum atomic E-state index is -3.63. The van der Waals surface area contributed by atoms with Crippen molar-refractivity contribution in [2.45, 2.75) is 30.4 Å². The zero-order valence-electron chi connectivity index (χ0n) is 13.2. The zero-order valence-corrected chi connectivity index (χ0v) is 14.0. The van der Waals surface area contributed by atoms with Crippen LogP contribution < -0.4 is 4.72 Å². The third-order valence-electron chi connectivity index (χ3n) is 4.75. The summed E-state index contributed by atoms with van der Waals surface area (Å²) in [5.41, 5.74) is 0.495. The standard InChI is InChI=1S/C16H21NO5S/c1-10(18)11-3-5-12(6-4-11)23(19,20)17-15-13-7-8-22-16(13)14(15)9-21-2/h3-6,13-17H,7-9H2,1-2H3/t13-,14+,15+,16-/m0/s1. The fourth-order valence-electron chi connectivity index (χ4n) is 3.51. The Labute approximate surface area is 136 Å². The zero-order chi connectivity index (χ0) is 16.6. The summed E-state index contributed by atoms with van der Waals surface area (Å²) in [6, 6.07) is 5.83. The maximum absolute atomic E-state index is 12.6. The molecule has 3 rings (SSSR count). The highest BCUT2D eigenvalue weighted by molar-refractivity contribution is 7.89. The van der Waals surface area contributed by atoms with E-state index >= 15 is 0 Å². The summed E-state index contributed by atoms with van der Waals surface area (Å²) in [6.07, 6.45) is 0.948. The molecule has 0 radical (unpaired) electrons. The summed E-state index contributed by atoms with van der Waals surface area (Å²) < 4.78 is 38.8. The lowest BCUT2D eigenvalue weighted by molar-refractivity contribution is -0.0775. The molecule has 1 heterocycles. The predicted molar refractivity (Wildman–Crippen MR) is 83.8 cm³/mol. The first-order valence-electron chi connectivity index (χ1n) is 7.68. The smallest absolute Gasteiger partial charge is 0.240 e. The number of nitrogens with one attached hydrogen (secondary N) is 1. The summed E-state index contributed by atoms with van der Waals surface area (Å²) in [7, 11) is -2.02. The maximum Gasteiger partial charge on any atom is 0.240 e. The Morgan fingerprint density at radius 3 is 2.65 bits per heavy atom. The molecule has 0 spiro atoms. The quantitative estimate of drug-likeness (QED) is 0.788. The molecule has 1 saturated carbocycles. The number of Topliss-reactive ketones (excluding diaryl/α,β-unsaturated/α-hetero) is 1. The van der Waals surface area contributed by atoms with Crippen LogP contribution in [0, 0.1) is 11.8 Å². The van der Waals surface area contributed by atoms with E-state index in [0.29, 0.717) is 18.8 Å². The van der Waals surface area contributed by atoms with Gasteiger partial charge in [-0.25, -0.2) is 13.1 Å². The van der Waals surface area contributed by atoms with Crippen molar-refractivity contribution in [1.82, 2.24) is 4.72 Å². The first-order chi connectivity index (χ1) is 10.9. The summed E-state index contributed by atoms with van der Waals surface area (Å²) in [5.74, 6) is 0.159. The molecule has 1 aromatic rings. The van der Waals surface area contributed by atoms with Crippen molar-refractivity contribution in [3.63, 3.8) is 0 Å². The Morgan fingerprint density at radius 1 is 1.35 bits per heavy atom. The van der Waals surface area contributed by atoms with Crippen LogP contribution in [0.4, 0.5) is 0 Å². The Hall–Kier alpha value is -1.28. The number of methoxy groups -OCH3 is 1. The van der Waals surface area contributed by atoms with E-state index in [0.717, 1.165) is 6.42 Å². The molecule has 2 fully saturated rings. The second-order valence-corrected chi connectivity index (χ2v) is 7.85. The number of ketones is 1. The number of hydrogen-bond acceptors (Lipinski definition) is 5. The first-order valence-corrected chi connectivity index (χ1v) is 9.16. The summed E-state index contributed by atoms with van der Waals surface area (Å²) in [6.45, 7) is 2.59. The van der Waals surface area contributed by atoms with Gasteiger partial charge in [-0.3, -0.25) is 4.79 Å². The van der Waals surface area contributed by atoms with Crippen LogP contribution in [-0.4, -0.2) is 46.7 Å². The number of benzene rings is 1. The van der Waals surface area contributed by atoms with E-state index in [2.05, 4.69) is 4.72 Å². The van der Waals surface area contributed by atoms with Crippen LogP contribution in [0.3, 0.4) is 0 Å². The maximum atomic E-state index is 12.6. The van der Waals surface area contributed by atoms with Gasteiger partial charge in [-0.15, -0.1) is 0 Å². The molecule has 1 aliphatic heterocycles. The second kappa shape index (κ2) is 6.32. The molecule has 0 amide bonds. The van der Waals surface area contributed by atoms with Gasteiger partial charge in [0.05, 0.1) is 17.6 Å². The average molecular weight is 339 g/mol. The topological polar surface area (TPSA) is 81.7 Å². The summed E-state index contributed by atoms with van der Waals surface area (Å²) >= 11 is 0. The van der Waals surface area contributed by atoms with Gasteiger partial charge >= 0.3 is 0 Å². The van der Waals surface area contributed by atoms with Crippen LogP contribution in [0.5, 0.6) is 0 Å². The number of carbonyl (C=O) groups is 1. The molecule has 23 heavy (non-hydrogen) atoms. The van der Waals surface area contributed by atoms with Gasteiger partial charge in [0.25, 0.3) is 0 Å². The number of ether oxygens (including phenoxy) is 2. The molecule has 0 aromatic heterocycles. The highest BCUT2D eigenvalue weighted by Gasteiger charge is 2.54. The van der Waals surface area contributed by atoms with Gasteiger partial charge in [0, 0.05) is 37.2 Å². The lowest BCUT2D eigenvalue weighted by Gasteiger charge is -2.47. The van der Waals surface area contributed by atoms with Gasteiger partial charge in [0.2, 0.25) is 10.0 Å². The fraction of sp³-hybridized carbons (Fsp3) is 0.562. The number of rotatable bonds is 6. The van der Waals surface area contributed by atoms with Gasteiger partial charge < -0.3 is 9.47 Å². The fourth-order valence-corrected chi connectivity index (χ4v) is 4.85. The molecular weight excluding hydrogens is 318 g/mol. The summed E-state index contributed by atoms with van der Waals surface area (Å²) in [4.78, 5) is 11.5. The lowest BCUT2D eigenvalue weighted by atomic mass is 9.68. The van der Waals surface area contributed by atoms with Crippen LogP contribution in [0.1, 0.15) is 23.7 Å². The van der Waals surface area contributed by atoms with Crippen molar-refractivity contribution in [2.75, 3.05) is 20.3 Å². The van der Waals surface area contributed by atoms with E-state index in [1.165, 1.54) is 31.2 Å². The van der Waals surface area contributed by atoms with Crippen LogP contribution in [0.2, 0.25) is 0 Å². The largest absolute Gasteiger partial charge is 0.384 e. The van der Waals surface area contributed by atoms with E-state index in [1.54, 1.807) is 7.11 Å². The molecule has 4 atom stereocenters. The molecule has 1 saturated heterocycles. The third kappa shape index (κ3) is 3.06. The summed E-state index contributed by atoms with van der Waals surface area (Å²) in [5, 5.41) is 0. The molecule has 126 valence electrons. The number of hydrogen-bond donors (Lipinski definition) is 1. The Bertz CT molecular complexity index is 685. The van der Waals surface area contributed by atoms with E-state index in [9.17, 15) is 13.2 Å². The van der Waals surface area contributed by atoms with Crippen molar-refractivity contribution in [3.8, 4) is 0 Å². The van der Waals surface area contributed by atoms with Crippen LogP contribution in [0.15, 0.2) is 29.2 Å². The van der Waals surface area contributed by atoms with Gasteiger partial charge in [0.15, 0.2) is 5.78 Å². The predicted octanol–water partition coefficient (Wildman–Crippen LogP) is 1.22. The monoisotopic (exact) mass is 339 g/mol. The minimum absolute atomic E-state index is 0.0405. The molecule has 0 unspecified atom stereocenters. The number of carbonyl (C=O) groups excluding carboxylic acids is 1. The van der Waals surface area contributed by atoms with Gasteiger partial charge in [-0.2, -0.15) is 0 Å². The number of fused-ring (bicyclic) bond motifs is 1. The molecule has 1 aliphatic carbocycles. The molecule has 2 aliphatic rings. The highest BCUT2D eigenvalue weighted by atomic mass is 32.2. The second-order valence-electron chi connectivity index (χ2n) is 6.13. The van der Waals surface area contributed by atoms with E-state index in [-0.39, 0.29) is 34.7 Å². The van der Waals surface area contributed by atoms with Crippen molar-refractivity contribution in [3.05, 3.63) is 29.8 Å². The van der Waals surface area contributed by atoms with Crippen molar-refractivity contribution in [1.29, 1.82) is 0 Å². The van der Waals surface area contributed by atoms with E-state index in [4.69, 9.17) is 9.47 Å². The van der Waals surface area contributed by atoms with Crippen molar-refractivity contribution >= 4 is 15.8 Å². The Kier molecular flexibility index (Phi) is 4.55. The molecule has 6 nitrogen and oxygen atoms in total. The van der Waals surface area contributed by atoms with E-state index < -0.39 is 10.0 Å². The third-order valence-corrected chi connectivity index (χ3v) is 6.22. The molecule has 7 heteroatoms. The molecular formula is C16H21NO5S. The van der Waals surface area contributed by atoms with Crippen LogP contribution in [0.25, 0.3) is 0 Å².